The van der Waals surface area contributed by atoms with Crippen LogP contribution >= 0.6 is 0 Å². The summed E-state index contributed by atoms with van der Waals surface area (Å²) in [6.07, 6.45) is -2.93. The van der Waals surface area contributed by atoms with Crippen LogP contribution in [0.15, 0.2) is 24.3 Å². The lowest BCUT2D eigenvalue weighted by Gasteiger charge is -2.16. The molecule has 1 rings (SSSR count). The maximum Gasteiger partial charge on any atom is 0.337 e. The molecular formula is C12H16O5. The molecule has 0 bridgehead atoms. The highest BCUT2D eigenvalue weighted by molar-refractivity contribution is 5.75. The van der Waals surface area contributed by atoms with Crippen molar-refractivity contribution >= 4 is 5.97 Å². The van der Waals surface area contributed by atoms with Crippen LogP contribution in [0.2, 0.25) is 0 Å². The van der Waals surface area contributed by atoms with Crippen LogP contribution in [0.25, 0.3) is 0 Å². The van der Waals surface area contributed by atoms with Gasteiger partial charge >= 0.3 is 5.97 Å². The Morgan fingerprint density at radius 3 is 2.71 bits per heavy atom. The number of aliphatic hydroxyl groups is 2. The second kappa shape index (κ2) is 6.22. The van der Waals surface area contributed by atoms with E-state index in [4.69, 9.17) is 4.74 Å². The van der Waals surface area contributed by atoms with Gasteiger partial charge in [0.05, 0.1) is 13.7 Å². The number of hydrogen-bond acceptors (Lipinski definition) is 5. The number of carbonyl (C=O) groups excluding carboxylic acids is 1. The van der Waals surface area contributed by atoms with Crippen LogP contribution in [0, 0.1) is 0 Å². The van der Waals surface area contributed by atoms with Crippen molar-refractivity contribution < 1.29 is 24.5 Å². The summed E-state index contributed by atoms with van der Waals surface area (Å²) < 4.78 is 9.61. The third-order valence-electron chi connectivity index (χ3n) is 2.25. The summed E-state index contributed by atoms with van der Waals surface area (Å²) in [4.78, 5) is 11.1. The molecule has 2 unspecified atom stereocenters. The predicted octanol–water partition coefficient (Wildman–Crippen LogP) is 0.653. The molecule has 1 aromatic rings. The minimum Gasteiger partial charge on any atom is -0.494 e. The molecule has 0 spiro atoms. The van der Waals surface area contributed by atoms with Gasteiger partial charge in [-0.15, -0.1) is 0 Å². The molecule has 17 heavy (non-hydrogen) atoms. The van der Waals surface area contributed by atoms with Gasteiger partial charge in [-0.05, 0) is 24.6 Å². The van der Waals surface area contributed by atoms with Crippen LogP contribution in [-0.2, 0) is 9.53 Å². The number of ether oxygens (including phenoxy) is 2. The summed E-state index contributed by atoms with van der Waals surface area (Å²) in [6.45, 7) is 2.34. The van der Waals surface area contributed by atoms with Crippen molar-refractivity contribution in [2.24, 2.45) is 0 Å². The number of esters is 1. The summed E-state index contributed by atoms with van der Waals surface area (Å²) in [6, 6.07) is 6.57. The monoisotopic (exact) mass is 240 g/mol. The van der Waals surface area contributed by atoms with Crippen molar-refractivity contribution in [2.45, 2.75) is 19.1 Å². The molecule has 0 saturated heterocycles. The van der Waals surface area contributed by atoms with Crippen molar-refractivity contribution in [2.75, 3.05) is 13.7 Å². The molecular weight excluding hydrogens is 224 g/mol. The largest absolute Gasteiger partial charge is 0.494 e. The standard InChI is InChI=1S/C12H16O5/c1-3-17-9-6-4-5-8(7-9)10(13)11(14)12(15)16-2/h4-7,10-11,13-14H,3H2,1-2H3. The molecule has 2 N–H and O–H groups in total. The van der Waals surface area contributed by atoms with E-state index in [1.807, 2.05) is 6.92 Å². The van der Waals surface area contributed by atoms with Gasteiger partial charge in [-0.3, -0.25) is 0 Å². The quantitative estimate of drug-likeness (QED) is 0.739. The lowest BCUT2D eigenvalue weighted by Crippen LogP contribution is -2.29. The molecule has 2 atom stereocenters. The van der Waals surface area contributed by atoms with Gasteiger partial charge in [0.1, 0.15) is 11.9 Å². The van der Waals surface area contributed by atoms with E-state index < -0.39 is 18.2 Å². The zero-order valence-electron chi connectivity index (χ0n) is 9.79. The van der Waals surface area contributed by atoms with Gasteiger partial charge in [0, 0.05) is 0 Å². The third kappa shape index (κ3) is 3.44. The Balaban J connectivity index is 2.84. The molecule has 0 amide bonds. The Morgan fingerprint density at radius 1 is 1.41 bits per heavy atom. The number of rotatable bonds is 5. The van der Waals surface area contributed by atoms with E-state index in [9.17, 15) is 15.0 Å². The van der Waals surface area contributed by atoms with Crippen LogP contribution in [0.3, 0.4) is 0 Å². The van der Waals surface area contributed by atoms with E-state index in [1.165, 1.54) is 0 Å². The van der Waals surface area contributed by atoms with Crippen LogP contribution < -0.4 is 4.74 Å². The maximum atomic E-state index is 11.1. The fourth-order valence-corrected chi connectivity index (χ4v) is 1.39. The Kier molecular flexibility index (Phi) is 4.93. The number of hydrogen-bond donors (Lipinski definition) is 2. The van der Waals surface area contributed by atoms with Gasteiger partial charge in [-0.25, -0.2) is 4.79 Å². The van der Waals surface area contributed by atoms with Crippen LogP contribution in [0.4, 0.5) is 0 Å². The molecule has 1 aromatic carbocycles. The maximum absolute atomic E-state index is 11.1. The lowest BCUT2D eigenvalue weighted by molar-refractivity contribution is -0.156. The van der Waals surface area contributed by atoms with Gasteiger partial charge in [0.15, 0.2) is 6.10 Å². The molecule has 0 heterocycles. The Labute approximate surface area is 99.6 Å². The fourth-order valence-electron chi connectivity index (χ4n) is 1.39. The minimum atomic E-state index is -1.60. The van der Waals surface area contributed by atoms with Crippen LogP contribution in [-0.4, -0.2) is 36.0 Å². The Hall–Kier alpha value is -1.59. The van der Waals surface area contributed by atoms with E-state index >= 15 is 0 Å². The first-order valence-corrected chi connectivity index (χ1v) is 5.26. The van der Waals surface area contributed by atoms with Gasteiger partial charge < -0.3 is 19.7 Å². The lowest BCUT2D eigenvalue weighted by atomic mass is 10.0. The zero-order valence-corrected chi connectivity index (χ0v) is 9.79. The van der Waals surface area contributed by atoms with E-state index in [1.54, 1.807) is 24.3 Å². The molecule has 5 nitrogen and oxygen atoms in total. The van der Waals surface area contributed by atoms with Crippen molar-refractivity contribution in [3.8, 4) is 5.75 Å². The highest BCUT2D eigenvalue weighted by Crippen LogP contribution is 2.22. The van der Waals surface area contributed by atoms with E-state index in [0.717, 1.165) is 7.11 Å². The summed E-state index contributed by atoms with van der Waals surface area (Å²) in [7, 11) is 1.15. The Morgan fingerprint density at radius 2 is 2.12 bits per heavy atom. The first-order chi connectivity index (χ1) is 8.10. The van der Waals surface area contributed by atoms with Gasteiger partial charge in [0.2, 0.25) is 0 Å². The normalized spacial score (nSPS) is 13.9. The highest BCUT2D eigenvalue weighted by atomic mass is 16.5. The molecule has 0 aromatic heterocycles. The number of benzene rings is 1. The average Bonchev–Trinajstić information content (AvgIpc) is 2.36. The summed E-state index contributed by atoms with van der Waals surface area (Å²) >= 11 is 0. The zero-order chi connectivity index (χ0) is 12.8. The molecule has 0 fully saturated rings. The van der Waals surface area contributed by atoms with Crippen molar-refractivity contribution in [1.29, 1.82) is 0 Å². The second-order valence-corrected chi connectivity index (χ2v) is 3.42. The van der Waals surface area contributed by atoms with E-state index in [0.29, 0.717) is 17.9 Å². The first kappa shape index (κ1) is 13.5. The fraction of sp³-hybridized carbons (Fsp3) is 0.417. The van der Waals surface area contributed by atoms with E-state index in [2.05, 4.69) is 4.74 Å². The number of methoxy groups -OCH3 is 1. The van der Waals surface area contributed by atoms with Crippen molar-refractivity contribution in [1.82, 2.24) is 0 Å². The number of aliphatic hydroxyl groups excluding tert-OH is 2. The average molecular weight is 240 g/mol. The van der Waals surface area contributed by atoms with Gasteiger partial charge in [-0.2, -0.15) is 0 Å². The minimum absolute atomic E-state index is 0.397. The smallest absolute Gasteiger partial charge is 0.337 e. The van der Waals surface area contributed by atoms with Gasteiger partial charge in [-0.1, -0.05) is 12.1 Å². The number of carbonyl (C=O) groups is 1. The second-order valence-electron chi connectivity index (χ2n) is 3.42. The van der Waals surface area contributed by atoms with Crippen molar-refractivity contribution in [3.05, 3.63) is 29.8 Å². The van der Waals surface area contributed by atoms with Gasteiger partial charge in [0.25, 0.3) is 0 Å². The molecule has 5 heteroatoms. The molecule has 0 saturated carbocycles. The highest BCUT2D eigenvalue weighted by Gasteiger charge is 2.26. The molecule has 0 aliphatic heterocycles. The third-order valence-corrected chi connectivity index (χ3v) is 2.25. The summed E-state index contributed by atoms with van der Waals surface area (Å²) in [5.74, 6) is -0.305. The molecule has 0 radical (unpaired) electrons. The van der Waals surface area contributed by atoms with Crippen LogP contribution in [0.1, 0.15) is 18.6 Å². The topological polar surface area (TPSA) is 76.0 Å². The summed E-state index contributed by atoms with van der Waals surface area (Å²) in [5, 5.41) is 19.3. The Bertz CT molecular complexity index is 377. The van der Waals surface area contributed by atoms with Crippen LogP contribution in [0.5, 0.6) is 5.75 Å². The summed E-state index contributed by atoms with van der Waals surface area (Å²) in [5.41, 5.74) is 0.397. The van der Waals surface area contributed by atoms with E-state index in [-0.39, 0.29) is 0 Å². The molecule has 0 aliphatic rings. The molecule has 0 aliphatic carbocycles. The van der Waals surface area contributed by atoms with Crippen molar-refractivity contribution in [3.63, 3.8) is 0 Å². The first-order valence-electron chi connectivity index (χ1n) is 5.26. The predicted molar refractivity (Wildman–Crippen MR) is 60.6 cm³/mol. The molecule has 94 valence electrons. The SMILES string of the molecule is CCOc1cccc(C(O)C(O)C(=O)OC)c1.